The van der Waals surface area contributed by atoms with Crippen LogP contribution in [-0.2, 0) is 17.0 Å². The molecule has 4 nitrogen and oxygen atoms in total. The fraction of sp³-hybridized carbons (Fsp3) is 0.286. The molecule has 1 aromatic carbocycles. The molecule has 0 saturated carbocycles. The van der Waals surface area contributed by atoms with Gasteiger partial charge in [0.05, 0.1) is 19.2 Å². The number of nitrogens with zero attached hydrogens (tertiary/aromatic N) is 1. The Morgan fingerprint density at radius 3 is 2.90 bits per heavy atom. The summed E-state index contributed by atoms with van der Waals surface area (Å²) in [5.41, 5.74) is 1.29. The summed E-state index contributed by atoms with van der Waals surface area (Å²) >= 11 is 2.74. The van der Waals surface area contributed by atoms with Crippen molar-refractivity contribution in [3.05, 3.63) is 40.2 Å². The molecule has 0 amide bonds. The fourth-order valence-corrected chi connectivity index (χ4v) is 3.89. The van der Waals surface area contributed by atoms with Crippen molar-refractivity contribution >= 4 is 29.1 Å². The van der Waals surface area contributed by atoms with Crippen LogP contribution in [0, 0.1) is 12.7 Å². The zero-order valence-corrected chi connectivity index (χ0v) is 13.2. The Morgan fingerprint density at radius 2 is 2.29 bits per heavy atom. The number of halogens is 1. The number of hydrogen-bond acceptors (Lipinski definition) is 5. The first kappa shape index (κ1) is 15.8. The number of hydrogen-bond donors (Lipinski definition) is 1. The highest BCUT2D eigenvalue weighted by Gasteiger charge is 2.12. The molecule has 1 heterocycles. The summed E-state index contributed by atoms with van der Waals surface area (Å²) in [6.07, 6.45) is -0.0268. The van der Waals surface area contributed by atoms with Crippen molar-refractivity contribution < 1.29 is 19.0 Å². The van der Waals surface area contributed by atoms with Crippen LogP contribution in [0.2, 0.25) is 0 Å². The number of carboxylic acids is 1. The standard InChI is InChI=1S/C14H14FNO3S2/c1-8-12(6-13(17)18)21-14(16-8)20-7-9-3-4-10(19-2)5-11(9)15/h3-5H,6-7H2,1-2H3,(H,17,18). The van der Waals surface area contributed by atoms with E-state index in [1.807, 2.05) is 0 Å². The van der Waals surface area contributed by atoms with Crippen LogP contribution in [0.15, 0.2) is 22.5 Å². The van der Waals surface area contributed by atoms with Gasteiger partial charge in [-0.05, 0) is 18.6 Å². The summed E-state index contributed by atoms with van der Waals surface area (Å²) in [6.45, 7) is 1.78. The number of rotatable bonds is 6. The molecule has 112 valence electrons. The third-order valence-corrected chi connectivity index (χ3v) is 5.15. The van der Waals surface area contributed by atoms with E-state index in [0.29, 0.717) is 17.1 Å². The van der Waals surface area contributed by atoms with E-state index in [9.17, 15) is 9.18 Å². The van der Waals surface area contributed by atoms with Gasteiger partial charge in [0, 0.05) is 16.7 Å². The van der Waals surface area contributed by atoms with Gasteiger partial charge in [0.1, 0.15) is 11.6 Å². The van der Waals surface area contributed by atoms with Crippen LogP contribution < -0.4 is 4.74 Å². The number of benzene rings is 1. The number of carboxylic acid groups (broad SMARTS) is 1. The lowest BCUT2D eigenvalue weighted by molar-refractivity contribution is -0.136. The van der Waals surface area contributed by atoms with E-state index >= 15 is 0 Å². The predicted molar refractivity (Wildman–Crippen MR) is 80.7 cm³/mol. The molecule has 0 fully saturated rings. The van der Waals surface area contributed by atoms with Crippen molar-refractivity contribution in [3.8, 4) is 5.75 Å². The van der Waals surface area contributed by atoms with Gasteiger partial charge in [-0.15, -0.1) is 11.3 Å². The lowest BCUT2D eigenvalue weighted by atomic mass is 10.2. The van der Waals surface area contributed by atoms with Gasteiger partial charge in [-0.2, -0.15) is 0 Å². The third kappa shape index (κ3) is 4.18. The molecule has 0 unspecified atom stereocenters. The number of methoxy groups -OCH3 is 1. The Balaban J connectivity index is 2.04. The Morgan fingerprint density at radius 1 is 1.52 bits per heavy atom. The zero-order chi connectivity index (χ0) is 15.4. The minimum atomic E-state index is -0.875. The Bertz CT molecular complexity index is 658. The lowest BCUT2D eigenvalue weighted by Gasteiger charge is -2.04. The molecule has 21 heavy (non-hydrogen) atoms. The predicted octanol–water partition coefficient (Wildman–Crippen LogP) is 3.52. The highest BCUT2D eigenvalue weighted by Crippen LogP contribution is 2.31. The van der Waals surface area contributed by atoms with Crippen molar-refractivity contribution in [2.75, 3.05) is 7.11 Å². The number of aromatic nitrogens is 1. The minimum absolute atomic E-state index is 0.0268. The van der Waals surface area contributed by atoms with E-state index < -0.39 is 5.97 Å². The maximum atomic E-state index is 13.8. The van der Waals surface area contributed by atoms with E-state index in [1.54, 1.807) is 19.1 Å². The smallest absolute Gasteiger partial charge is 0.308 e. The van der Waals surface area contributed by atoms with Crippen LogP contribution in [0.25, 0.3) is 0 Å². The minimum Gasteiger partial charge on any atom is -0.497 e. The van der Waals surface area contributed by atoms with Gasteiger partial charge in [-0.3, -0.25) is 4.79 Å². The number of thiazole rings is 1. The Hall–Kier alpha value is -1.60. The maximum absolute atomic E-state index is 13.8. The highest BCUT2D eigenvalue weighted by atomic mass is 32.2. The summed E-state index contributed by atoms with van der Waals surface area (Å²) < 4.78 is 19.5. The molecule has 1 aromatic heterocycles. The quantitative estimate of drug-likeness (QED) is 0.823. The van der Waals surface area contributed by atoms with Crippen LogP contribution in [0.3, 0.4) is 0 Å². The molecule has 0 bridgehead atoms. The molecule has 7 heteroatoms. The molecule has 0 atom stereocenters. The summed E-state index contributed by atoms with van der Waals surface area (Å²) in [7, 11) is 1.49. The molecule has 0 saturated heterocycles. The second-order valence-corrected chi connectivity index (χ2v) is 6.61. The molecule has 1 N–H and O–H groups in total. The van der Waals surface area contributed by atoms with E-state index in [2.05, 4.69) is 4.98 Å². The van der Waals surface area contributed by atoms with E-state index in [-0.39, 0.29) is 12.2 Å². The first-order valence-electron chi connectivity index (χ1n) is 6.13. The van der Waals surface area contributed by atoms with E-state index in [4.69, 9.17) is 9.84 Å². The van der Waals surface area contributed by atoms with Crippen molar-refractivity contribution in [1.82, 2.24) is 4.98 Å². The Labute approximate surface area is 130 Å². The number of carbonyl (C=O) groups is 1. The second kappa shape index (κ2) is 6.91. The molecular weight excluding hydrogens is 313 g/mol. The average molecular weight is 327 g/mol. The normalized spacial score (nSPS) is 10.6. The molecule has 0 radical (unpaired) electrons. The lowest BCUT2D eigenvalue weighted by Crippen LogP contribution is -1.99. The summed E-state index contributed by atoms with van der Waals surface area (Å²) in [5.74, 6) is -0.273. The first-order chi connectivity index (χ1) is 9.99. The largest absolute Gasteiger partial charge is 0.497 e. The molecule has 2 aromatic rings. The second-order valence-electron chi connectivity index (χ2n) is 4.30. The van der Waals surface area contributed by atoms with E-state index in [0.717, 1.165) is 14.9 Å². The highest BCUT2D eigenvalue weighted by molar-refractivity contribution is 8.00. The number of aryl methyl sites for hydroxylation is 1. The fourth-order valence-electron chi connectivity index (χ4n) is 1.68. The molecule has 0 spiro atoms. The van der Waals surface area contributed by atoms with E-state index in [1.165, 1.54) is 36.3 Å². The molecular formula is C14H14FNO3S2. The van der Waals surface area contributed by atoms with Gasteiger partial charge in [0.2, 0.25) is 0 Å². The van der Waals surface area contributed by atoms with Gasteiger partial charge in [0.25, 0.3) is 0 Å². The number of ether oxygens (including phenoxy) is 1. The average Bonchev–Trinajstić information content (AvgIpc) is 2.77. The van der Waals surface area contributed by atoms with Crippen molar-refractivity contribution in [2.45, 2.75) is 23.4 Å². The van der Waals surface area contributed by atoms with Crippen LogP contribution >= 0.6 is 23.1 Å². The van der Waals surface area contributed by atoms with Gasteiger partial charge >= 0.3 is 5.97 Å². The topological polar surface area (TPSA) is 59.4 Å². The number of thioether (sulfide) groups is 1. The maximum Gasteiger partial charge on any atom is 0.308 e. The van der Waals surface area contributed by atoms with Crippen molar-refractivity contribution in [3.63, 3.8) is 0 Å². The summed E-state index contributed by atoms with van der Waals surface area (Å²) in [6, 6.07) is 4.74. The molecule has 2 rings (SSSR count). The van der Waals surface area contributed by atoms with Crippen LogP contribution in [-0.4, -0.2) is 23.2 Å². The third-order valence-electron chi connectivity index (χ3n) is 2.80. The van der Waals surface area contributed by atoms with Crippen LogP contribution in [0.1, 0.15) is 16.1 Å². The summed E-state index contributed by atoms with van der Waals surface area (Å²) in [4.78, 5) is 15.8. The monoisotopic (exact) mass is 327 g/mol. The SMILES string of the molecule is COc1ccc(CSc2nc(C)c(CC(=O)O)s2)c(F)c1. The van der Waals surface area contributed by atoms with Gasteiger partial charge in [-0.25, -0.2) is 9.37 Å². The van der Waals surface area contributed by atoms with Gasteiger partial charge in [-0.1, -0.05) is 17.8 Å². The number of aliphatic carboxylic acids is 1. The summed E-state index contributed by atoms with van der Waals surface area (Å²) in [5, 5.41) is 8.80. The van der Waals surface area contributed by atoms with Crippen molar-refractivity contribution in [2.24, 2.45) is 0 Å². The van der Waals surface area contributed by atoms with Gasteiger partial charge < -0.3 is 9.84 Å². The first-order valence-corrected chi connectivity index (χ1v) is 7.93. The van der Waals surface area contributed by atoms with Crippen molar-refractivity contribution in [1.29, 1.82) is 0 Å². The van der Waals surface area contributed by atoms with Crippen LogP contribution in [0.4, 0.5) is 4.39 Å². The Kier molecular flexibility index (Phi) is 5.19. The van der Waals surface area contributed by atoms with Crippen LogP contribution in [0.5, 0.6) is 5.75 Å². The molecule has 0 aliphatic heterocycles. The molecule has 0 aliphatic rings. The van der Waals surface area contributed by atoms with Gasteiger partial charge in [0.15, 0.2) is 4.34 Å². The molecule has 0 aliphatic carbocycles. The zero-order valence-electron chi connectivity index (χ0n) is 11.6.